The van der Waals surface area contributed by atoms with Crippen molar-refractivity contribution >= 4 is 55.1 Å². The average molecular weight is 383 g/mol. The Balaban J connectivity index is 1.99. The summed E-state index contributed by atoms with van der Waals surface area (Å²) in [5, 5.41) is 11.7. The van der Waals surface area contributed by atoms with Crippen molar-refractivity contribution in [1.29, 1.82) is 0 Å². The fraction of sp³-hybridized carbons (Fsp3) is 0.400. The van der Waals surface area contributed by atoms with Gasteiger partial charge in [-0.1, -0.05) is 0 Å². The Bertz CT molecular complexity index is 482. The Morgan fingerprint density at radius 3 is 2.53 bits per heavy atom. The van der Waals surface area contributed by atoms with Gasteiger partial charge in [-0.05, 0) is 50.8 Å². The predicted molar refractivity (Wildman–Crippen MR) is 71.4 cm³/mol. The average Bonchev–Trinajstić information content (AvgIpc) is 2.97. The predicted octanol–water partition coefficient (Wildman–Crippen LogP) is 2.87. The van der Waals surface area contributed by atoms with Gasteiger partial charge in [-0.3, -0.25) is 9.59 Å². The second-order valence-electron chi connectivity index (χ2n) is 4.01. The van der Waals surface area contributed by atoms with Crippen molar-refractivity contribution in [1.82, 2.24) is 5.32 Å². The first-order valence-electron chi connectivity index (χ1n) is 4.91. The number of rotatable bonds is 4. The third-order valence-corrected chi connectivity index (χ3v) is 5.14. The number of carbonyl (C=O) groups excluding carboxylic acids is 1. The quantitative estimate of drug-likeness (QED) is 0.841. The molecule has 92 valence electrons. The normalized spacial score (nSPS) is 16.6. The number of hydrogen-bond donors (Lipinski definition) is 2. The number of carboxylic acids is 1. The van der Waals surface area contributed by atoms with Gasteiger partial charge in [0.1, 0.15) is 0 Å². The molecule has 1 aliphatic rings. The third-order valence-electron chi connectivity index (χ3n) is 2.80. The monoisotopic (exact) mass is 381 g/mol. The highest BCUT2D eigenvalue weighted by molar-refractivity contribution is 9.12. The van der Waals surface area contributed by atoms with Crippen LogP contribution in [-0.4, -0.2) is 23.5 Å². The van der Waals surface area contributed by atoms with Gasteiger partial charge in [0, 0.05) is 6.54 Å². The van der Waals surface area contributed by atoms with Gasteiger partial charge < -0.3 is 10.4 Å². The van der Waals surface area contributed by atoms with E-state index in [1.165, 1.54) is 11.3 Å². The summed E-state index contributed by atoms with van der Waals surface area (Å²) in [6.45, 7) is 0.196. The van der Waals surface area contributed by atoms with E-state index in [2.05, 4.69) is 37.2 Å². The van der Waals surface area contributed by atoms with Crippen LogP contribution in [0.2, 0.25) is 0 Å². The van der Waals surface area contributed by atoms with Crippen molar-refractivity contribution in [3.05, 3.63) is 19.2 Å². The lowest BCUT2D eigenvalue weighted by Crippen LogP contribution is -2.34. The highest BCUT2D eigenvalue weighted by Crippen LogP contribution is 2.45. The second kappa shape index (κ2) is 4.70. The third kappa shape index (κ3) is 2.71. The van der Waals surface area contributed by atoms with Crippen molar-refractivity contribution in [3.63, 3.8) is 0 Å². The fourth-order valence-corrected chi connectivity index (χ4v) is 4.25. The lowest BCUT2D eigenvalue weighted by atomic mass is 10.1. The molecule has 0 aromatic carbocycles. The highest BCUT2D eigenvalue weighted by Gasteiger charge is 2.50. The summed E-state index contributed by atoms with van der Waals surface area (Å²) < 4.78 is 1.59. The number of carbonyl (C=O) groups is 2. The number of amides is 1. The van der Waals surface area contributed by atoms with Gasteiger partial charge in [-0.25, -0.2) is 0 Å². The van der Waals surface area contributed by atoms with Crippen LogP contribution in [0.15, 0.2) is 13.6 Å². The number of thiophene rings is 1. The minimum atomic E-state index is -0.830. The van der Waals surface area contributed by atoms with Crippen molar-refractivity contribution in [2.45, 2.75) is 12.8 Å². The molecule has 1 fully saturated rings. The molecule has 1 amide bonds. The molecule has 1 heterocycles. The van der Waals surface area contributed by atoms with Gasteiger partial charge in [0.05, 0.1) is 18.6 Å². The summed E-state index contributed by atoms with van der Waals surface area (Å²) in [5.41, 5.74) is -0.196. The summed E-state index contributed by atoms with van der Waals surface area (Å²) in [6, 6.07) is 1.71. The first-order valence-corrected chi connectivity index (χ1v) is 7.31. The minimum Gasteiger partial charge on any atom is -0.481 e. The smallest absolute Gasteiger partial charge is 0.311 e. The van der Waals surface area contributed by atoms with Gasteiger partial charge in [0.15, 0.2) is 0 Å². The second-order valence-corrected chi connectivity index (χ2v) is 7.76. The van der Waals surface area contributed by atoms with Crippen molar-refractivity contribution in [3.8, 4) is 0 Å². The topological polar surface area (TPSA) is 66.4 Å². The summed E-state index contributed by atoms with van der Waals surface area (Å²) in [6.07, 6.45) is 1.27. The van der Waals surface area contributed by atoms with Crippen LogP contribution in [0, 0.1) is 5.41 Å². The summed E-state index contributed by atoms with van der Waals surface area (Å²) >= 11 is 7.99. The van der Waals surface area contributed by atoms with E-state index in [1.54, 1.807) is 6.07 Å². The number of carboxylic acid groups (broad SMARTS) is 1. The Morgan fingerprint density at radius 2 is 2.12 bits per heavy atom. The van der Waals surface area contributed by atoms with Crippen LogP contribution in [0.25, 0.3) is 0 Å². The summed E-state index contributed by atoms with van der Waals surface area (Å²) in [7, 11) is 0. The van der Waals surface area contributed by atoms with Crippen LogP contribution in [0.4, 0.5) is 0 Å². The van der Waals surface area contributed by atoms with Crippen LogP contribution in [0.3, 0.4) is 0 Å². The van der Waals surface area contributed by atoms with Crippen LogP contribution < -0.4 is 5.32 Å². The summed E-state index contributed by atoms with van der Waals surface area (Å²) in [5.74, 6) is -1.07. The van der Waals surface area contributed by atoms with Gasteiger partial charge >= 0.3 is 5.97 Å². The Labute approximate surface area is 119 Å². The van der Waals surface area contributed by atoms with Crippen LogP contribution in [-0.2, 0) is 4.79 Å². The number of hydrogen-bond acceptors (Lipinski definition) is 3. The zero-order valence-electron chi connectivity index (χ0n) is 8.63. The van der Waals surface area contributed by atoms with E-state index in [0.29, 0.717) is 18.4 Å². The molecule has 2 N–H and O–H groups in total. The largest absolute Gasteiger partial charge is 0.481 e. The molecule has 0 unspecified atom stereocenters. The van der Waals surface area contributed by atoms with E-state index in [-0.39, 0.29) is 12.5 Å². The summed E-state index contributed by atoms with van der Waals surface area (Å²) in [4.78, 5) is 22.8. The van der Waals surface area contributed by atoms with Gasteiger partial charge in [0.2, 0.25) is 0 Å². The number of nitrogens with one attached hydrogen (secondary N) is 1. The molecular weight excluding hydrogens is 374 g/mol. The maximum Gasteiger partial charge on any atom is 0.311 e. The fourth-order valence-electron chi connectivity index (χ4n) is 1.46. The molecule has 1 aromatic rings. The number of halogens is 2. The van der Waals surface area contributed by atoms with Crippen molar-refractivity contribution < 1.29 is 14.7 Å². The van der Waals surface area contributed by atoms with E-state index >= 15 is 0 Å². The van der Waals surface area contributed by atoms with E-state index < -0.39 is 11.4 Å². The zero-order valence-corrected chi connectivity index (χ0v) is 12.6. The maximum absolute atomic E-state index is 11.8. The van der Waals surface area contributed by atoms with Crippen LogP contribution in [0.1, 0.15) is 23.2 Å². The molecule has 4 nitrogen and oxygen atoms in total. The Hall–Kier alpha value is -0.400. The molecule has 1 saturated carbocycles. The first kappa shape index (κ1) is 13.0. The Morgan fingerprint density at radius 1 is 1.47 bits per heavy atom. The van der Waals surface area contributed by atoms with E-state index in [9.17, 15) is 9.59 Å². The van der Waals surface area contributed by atoms with E-state index in [1.807, 2.05) is 0 Å². The van der Waals surface area contributed by atoms with E-state index in [0.717, 1.165) is 7.57 Å². The number of aliphatic carboxylic acids is 1. The van der Waals surface area contributed by atoms with Gasteiger partial charge in [-0.15, -0.1) is 11.3 Å². The zero-order chi connectivity index (χ0) is 12.6. The molecule has 0 radical (unpaired) electrons. The lowest BCUT2D eigenvalue weighted by molar-refractivity contribution is -0.143. The molecule has 0 saturated heterocycles. The first-order chi connectivity index (χ1) is 7.94. The van der Waals surface area contributed by atoms with Gasteiger partial charge in [0.25, 0.3) is 5.91 Å². The molecular formula is C10H9Br2NO3S. The molecule has 0 bridgehead atoms. The SMILES string of the molecule is O=C(NCC1(C(=O)O)CC1)c1cc(Br)sc1Br. The minimum absolute atomic E-state index is 0.196. The highest BCUT2D eigenvalue weighted by atomic mass is 79.9. The molecule has 1 aliphatic carbocycles. The van der Waals surface area contributed by atoms with Crippen molar-refractivity contribution in [2.24, 2.45) is 5.41 Å². The maximum atomic E-state index is 11.8. The lowest BCUT2D eigenvalue weighted by Gasteiger charge is -2.10. The molecule has 7 heteroatoms. The molecule has 0 aliphatic heterocycles. The van der Waals surface area contributed by atoms with E-state index in [4.69, 9.17) is 5.11 Å². The molecule has 0 atom stereocenters. The van der Waals surface area contributed by atoms with Crippen LogP contribution in [0.5, 0.6) is 0 Å². The molecule has 2 rings (SSSR count). The Kier molecular flexibility index (Phi) is 3.61. The van der Waals surface area contributed by atoms with Gasteiger partial charge in [-0.2, -0.15) is 0 Å². The standard InChI is InChI=1S/C10H9Br2NO3S/c11-6-3-5(7(12)17-6)8(14)13-4-10(1-2-10)9(15)16/h3H,1-2,4H2,(H,13,14)(H,15,16). The van der Waals surface area contributed by atoms with Crippen molar-refractivity contribution in [2.75, 3.05) is 6.54 Å². The van der Waals surface area contributed by atoms with Crippen LogP contribution >= 0.6 is 43.2 Å². The molecule has 17 heavy (non-hydrogen) atoms. The molecule has 0 spiro atoms. The molecule has 1 aromatic heterocycles.